The SMILES string of the molecule is C=CCC1CC2(OC)C(C)C(c3ccc(O)c(OC)c3)OC2(OC)CC1=O. The topological polar surface area (TPSA) is 74.2 Å². The fourth-order valence-corrected chi connectivity index (χ4v) is 4.75. The van der Waals surface area contributed by atoms with Gasteiger partial charge in [0, 0.05) is 26.1 Å². The monoisotopic (exact) mass is 376 g/mol. The van der Waals surface area contributed by atoms with E-state index in [2.05, 4.69) is 13.5 Å². The van der Waals surface area contributed by atoms with Crippen LogP contribution in [0.5, 0.6) is 11.5 Å². The van der Waals surface area contributed by atoms with Crippen molar-refractivity contribution in [1.29, 1.82) is 0 Å². The molecule has 6 nitrogen and oxygen atoms in total. The smallest absolute Gasteiger partial charge is 0.205 e. The van der Waals surface area contributed by atoms with Crippen molar-refractivity contribution in [2.24, 2.45) is 11.8 Å². The van der Waals surface area contributed by atoms with Crippen molar-refractivity contribution in [2.45, 2.75) is 43.7 Å². The van der Waals surface area contributed by atoms with E-state index in [-0.39, 0.29) is 35.9 Å². The van der Waals surface area contributed by atoms with Crippen LogP contribution in [0.25, 0.3) is 0 Å². The lowest BCUT2D eigenvalue weighted by atomic mass is 9.66. The van der Waals surface area contributed by atoms with Gasteiger partial charge in [0.15, 0.2) is 11.5 Å². The van der Waals surface area contributed by atoms with Crippen LogP contribution in [0.15, 0.2) is 30.9 Å². The number of benzene rings is 1. The summed E-state index contributed by atoms with van der Waals surface area (Å²) in [6, 6.07) is 5.13. The highest BCUT2D eigenvalue weighted by molar-refractivity contribution is 5.83. The zero-order valence-corrected chi connectivity index (χ0v) is 16.4. The Bertz CT molecular complexity index is 731. The number of phenols is 1. The van der Waals surface area contributed by atoms with Crippen molar-refractivity contribution < 1.29 is 28.8 Å². The van der Waals surface area contributed by atoms with E-state index < -0.39 is 11.4 Å². The number of phenolic OH excluding ortho intramolecular Hbond substituents is 1. The molecule has 1 aromatic rings. The van der Waals surface area contributed by atoms with Crippen molar-refractivity contribution >= 4 is 5.78 Å². The predicted octanol–water partition coefficient (Wildman–Crippen LogP) is 3.39. The van der Waals surface area contributed by atoms with Crippen LogP contribution in [-0.2, 0) is 19.0 Å². The third-order valence-corrected chi connectivity index (χ3v) is 6.24. The molecule has 0 bridgehead atoms. The third kappa shape index (κ3) is 2.87. The number of Topliss-reactive ketones (excluding diaryl/α,β-unsaturated/α-hetero) is 1. The first-order valence-corrected chi connectivity index (χ1v) is 9.16. The lowest BCUT2D eigenvalue weighted by Crippen LogP contribution is -2.62. The summed E-state index contributed by atoms with van der Waals surface area (Å²) in [6.45, 7) is 5.83. The Morgan fingerprint density at radius 3 is 2.67 bits per heavy atom. The van der Waals surface area contributed by atoms with Gasteiger partial charge >= 0.3 is 0 Å². The molecule has 1 N–H and O–H groups in total. The zero-order chi connectivity index (χ0) is 19.8. The van der Waals surface area contributed by atoms with Crippen LogP contribution >= 0.6 is 0 Å². The van der Waals surface area contributed by atoms with Gasteiger partial charge in [0.05, 0.1) is 19.6 Å². The first-order valence-electron chi connectivity index (χ1n) is 9.16. The second-order valence-electron chi connectivity index (χ2n) is 7.38. The van der Waals surface area contributed by atoms with Crippen LogP contribution in [0.1, 0.15) is 37.9 Å². The minimum atomic E-state index is -1.15. The van der Waals surface area contributed by atoms with Gasteiger partial charge < -0.3 is 24.1 Å². The van der Waals surface area contributed by atoms with Gasteiger partial charge in [0.2, 0.25) is 5.79 Å². The minimum Gasteiger partial charge on any atom is -0.504 e. The average Bonchev–Trinajstić information content (AvgIpc) is 2.92. The molecule has 1 saturated carbocycles. The maximum atomic E-state index is 12.7. The molecular formula is C21H28O6. The quantitative estimate of drug-likeness (QED) is 0.767. The van der Waals surface area contributed by atoms with Gasteiger partial charge in [-0.25, -0.2) is 0 Å². The summed E-state index contributed by atoms with van der Waals surface area (Å²) >= 11 is 0. The first-order chi connectivity index (χ1) is 12.9. The Labute approximate surface area is 160 Å². The summed E-state index contributed by atoms with van der Waals surface area (Å²) < 4.78 is 23.5. The van der Waals surface area contributed by atoms with E-state index in [4.69, 9.17) is 18.9 Å². The Kier molecular flexibility index (Phi) is 5.34. The fraction of sp³-hybridized carbons (Fsp3) is 0.571. The largest absolute Gasteiger partial charge is 0.504 e. The molecular weight excluding hydrogens is 348 g/mol. The van der Waals surface area contributed by atoms with E-state index in [1.807, 2.05) is 0 Å². The van der Waals surface area contributed by atoms with Gasteiger partial charge in [0.1, 0.15) is 11.4 Å². The summed E-state index contributed by atoms with van der Waals surface area (Å²) in [5, 5.41) is 9.90. The van der Waals surface area contributed by atoms with Gasteiger partial charge in [0.25, 0.3) is 0 Å². The van der Waals surface area contributed by atoms with Crippen molar-refractivity contribution in [2.75, 3.05) is 21.3 Å². The number of fused-ring (bicyclic) bond motifs is 1. The second-order valence-corrected chi connectivity index (χ2v) is 7.38. The molecule has 148 valence electrons. The number of aromatic hydroxyl groups is 1. The summed E-state index contributed by atoms with van der Waals surface area (Å²) in [7, 11) is 4.71. The van der Waals surface area contributed by atoms with Gasteiger partial charge in [-0.05, 0) is 30.5 Å². The highest BCUT2D eigenvalue weighted by Gasteiger charge is 2.69. The Morgan fingerprint density at radius 1 is 1.33 bits per heavy atom. The molecule has 5 atom stereocenters. The maximum absolute atomic E-state index is 12.7. The van der Waals surface area contributed by atoms with Crippen LogP contribution in [-0.4, -0.2) is 43.6 Å². The molecule has 0 aromatic heterocycles. The molecule has 1 saturated heterocycles. The summed E-state index contributed by atoms with van der Waals surface area (Å²) in [5.74, 6) is -0.862. The Hall–Kier alpha value is -1.89. The van der Waals surface area contributed by atoms with E-state index in [0.717, 1.165) is 5.56 Å². The Balaban J connectivity index is 2.05. The van der Waals surface area contributed by atoms with E-state index in [1.165, 1.54) is 7.11 Å². The van der Waals surface area contributed by atoms with Gasteiger partial charge in [-0.1, -0.05) is 19.1 Å². The average molecular weight is 376 g/mol. The number of carbonyl (C=O) groups excluding carboxylic acids is 1. The van der Waals surface area contributed by atoms with Crippen LogP contribution in [0.2, 0.25) is 0 Å². The molecule has 5 unspecified atom stereocenters. The molecule has 1 aromatic carbocycles. The fourth-order valence-electron chi connectivity index (χ4n) is 4.75. The summed E-state index contributed by atoms with van der Waals surface area (Å²) in [6.07, 6.45) is 2.65. The number of hydrogen-bond acceptors (Lipinski definition) is 6. The maximum Gasteiger partial charge on any atom is 0.205 e. The number of carbonyl (C=O) groups is 1. The van der Waals surface area contributed by atoms with Crippen LogP contribution in [0.3, 0.4) is 0 Å². The summed E-state index contributed by atoms with van der Waals surface area (Å²) in [5.41, 5.74) is 0.0752. The number of methoxy groups -OCH3 is 3. The van der Waals surface area contributed by atoms with Crippen molar-refractivity contribution in [3.05, 3.63) is 36.4 Å². The van der Waals surface area contributed by atoms with Gasteiger partial charge in [-0.3, -0.25) is 4.79 Å². The molecule has 1 heterocycles. The molecule has 6 heteroatoms. The molecule has 1 aliphatic heterocycles. The van der Waals surface area contributed by atoms with Gasteiger partial charge in [-0.2, -0.15) is 0 Å². The van der Waals surface area contributed by atoms with Crippen molar-refractivity contribution in [3.8, 4) is 11.5 Å². The molecule has 2 aliphatic rings. The van der Waals surface area contributed by atoms with E-state index in [0.29, 0.717) is 18.6 Å². The second kappa shape index (κ2) is 7.26. The highest BCUT2D eigenvalue weighted by Crippen LogP contribution is 2.59. The molecule has 3 rings (SSSR count). The molecule has 0 spiro atoms. The number of ether oxygens (including phenoxy) is 4. The lowest BCUT2D eigenvalue weighted by Gasteiger charge is -2.48. The van der Waals surface area contributed by atoms with Gasteiger partial charge in [-0.15, -0.1) is 6.58 Å². The van der Waals surface area contributed by atoms with E-state index in [9.17, 15) is 9.90 Å². The molecule has 0 amide bonds. The Morgan fingerprint density at radius 2 is 2.07 bits per heavy atom. The zero-order valence-electron chi connectivity index (χ0n) is 16.4. The molecule has 1 aliphatic carbocycles. The molecule has 27 heavy (non-hydrogen) atoms. The third-order valence-electron chi connectivity index (χ3n) is 6.24. The highest BCUT2D eigenvalue weighted by atomic mass is 16.7. The van der Waals surface area contributed by atoms with E-state index in [1.54, 1.807) is 38.5 Å². The predicted molar refractivity (Wildman–Crippen MR) is 99.7 cm³/mol. The normalized spacial score (nSPS) is 35.7. The van der Waals surface area contributed by atoms with E-state index >= 15 is 0 Å². The van der Waals surface area contributed by atoms with Crippen molar-refractivity contribution in [3.63, 3.8) is 0 Å². The number of hydrogen-bond donors (Lipinski definition) is 1. The van der Waals surface area contributed by atoms with Crippen LogP contribution < -0.4 is 4.74 Å². The number of allylic oxidation sites excluding steroid dienone is 1. The minimum absolute atomic E-state index is 0.0634. The summed E-state index contributed by atoms with van der Waals surface area (Å²) in [4.78, 5) is 12.7. The van der Waals surface area contributed by atoms with Crippen LogP contribution in [0.4, 0.5) is 0 Å². The number of rotatable bonds is 6. The molecule has 2 fully saturated rings. The first kappa shape index (κ1) is 19.9. The standard InChI is InChI=1S/C21H28O6/c1-6-7-15-11-20(25-4)13(2)19(27-21(20,26-5)12-17(15)23)14-8-9-16(22)18(10-14)24-3/h6,8-10,13,15,19,22H,1,7,11-12H2,2-5H3. The van der Waals surface area contributed by atoms with Crippen LogP contribution in [0, 0.1) is 11.8 Å². The molecule has 0 radical (unpaired) electrons. The lowest BCUT2D eigenvalue weighted by molar-refractivity contribution is -0.298. The number of ketones is 1. The van der Waals surface area contributed by atoms with Crippen molar-refractivity contribution in [1.82, 2.24) is 0 Å².